The minimum atomic E-state index is 0.297. The predicted octanol–water partition coefficient (Wildman–Crippen LogP) is 1.88. The van der Waals surface area contributed by atoms with E-state index in [-0.39, 0.29) is 0 Å². The Bertz CT molecular complexity index is 487. The average Bonchev–Trinajstić information content (AvgIpc) is 2.97. The first kappa shape index (κ1) is 9.41. The summed E-state index contributed by atoms with van der Waals surface area (Å²) in [5.41, 5.74) is 1.06. The van der Waals surface area contributed by atoms with Crippen molar-refractivity contribution >= 4 is 16.7 Å². The molecule has 2 heterocycles. The van der Waals surface area contributed by atoms with E-state index in [4.69, 9.17) is 9.47 Å². The summed E-state index contributed by atoms with van der Waals surface area (Å²) in [5, 5.41) is 3.98. The van der Waals surface area contributed by atoms with Crippen molar-refractivity contribution < 1.29 is 9.47 Å². The number of ether oxygens (including phenoxy) is 2. The highest BCUT2D eigenvalue weighted by molar-refractivity contribution is 7.09. The van der Waals surface area contributed by atoms with Gasteiger partial charge in [0.1, 0.15) is 6.33 Å². The van der Waals surface area contributed by atoms with Gasteiger partial charge in [-0.2, -0.15) is 4.37 Å². The zero-order chi connectivity index (χ0) is 10.8. The minimum Gasteiger partial charge on any atom is -0.454 e. The SMILES string of the molecule is c1cc(CNc2ncns2)c2c(c1)OCO2. The fourth-order valence-corrected chi connectivity index (χ4v) is 1.98. The molecule has 1 aromatic carbocycles. The number of benzene rings is 1. The molecule has 0 saturated heterocycles. The molecule has 2 aromatic rings. The number of rotatable bonds is 3. The van der Waals surface area contributed by atoms with Gasteiger partial charge in [-0.25, -0.2) is 4.98 Å². The second-order valence-electron chi connectivity index (χ2n) is 3.25. The zero-order valence-corrected chi connectivity index (χ0v) is 9.16. The largest absolute Gasteiger partial charge is 0.454 e. The molecule has 0 radical (unpaired) electrons. The van der Waals surface area contributed by atoms with Crippen LogP contribution in [0.4, 0.5) is 5.13 Å². The van der Waals surface area contributed by atoms with Crippen LogP contribution >= 0.6 is 11.5 Å². The highest BCUT2D eigenvalue weighted by Gasteiger charge is 2.16. The van der Waals surface area contributed by atoms with E-state index in [0.29, 0.717) is 13.3 Å². The number of aromatic nitrogens is 2. The van der Waals surface area contributed by atoms with Gasteiger partial charge in [-0.15, -0.1) is 0 Å². The summed E-state index contributed by atoms with van der Waals surface area (Å²) in [4.78, 5) is 4.05. The van der Waals surface area contributed by atoms with Gasteiger partial charge < -0.3 is 14.8 Å². The molecule has 5 nitrogen and oxygen atoms in total. The standard InChI is InChI=1S/C10H9N3O2S/c1-2-7(4-11-10-12-5-13-16-10)9-8(3-1)14-6-15-9/h1-3,5H,4,6H2,(H,11,12,13). The lowest BCUT2D eigenvalue weighted by atomic mass is 10.2. The van der Waals surface area contributed by atoms with Crippen LogP contribution in [-0.2, 0) is 6.54 Å². The van der Waals surface area contributed by atoms with Crippen molar-refractivity contribution in [1.82, 2.24) is 9.36 Å². The maximum atomic E-state index is 5.40. The third kappa shape index (κ3) is 1.67. The third-order valence-electron chi connectivity index (χ3n) is 2.27. The van der Waals surface area contributed by atoms with Gasteiger partial charge in [-0.1, -0.05) is 12.1 Å². The molecule has 0 atom stereocenters. The van der Waals surface area contributed by atoms with Gasteiger partial charge in [0, 0.05) is 23.6 Å². The summed E-state index contributed by atoms with van der Waals surface area (Å²) in [6.45, 7) is 0.951. The van der Waals surface area contributed by atoms with Gasteiger partial charge in [0.25, 0.3) is 0 Å². The first-order chi connectivity index (χ1) is 7.93. The Labute approximate surface area is 96.2 Å². The number of hydrogen-bond donors (Lipinski definition) is 1. The predicted molar refractivity (Wildman–Crippen MR) is 59.8 cm³/mol. The van der Waals surface area contributed by atoms with Gasteiger partial charge in [0.05, 0.1) is 0 Å². The molecule has 82 valence electrons. The monoisotopic (exact) mass is 235 g/mol. The highest BCUT2D eigenvalue weighted by Crippen LogP contribution is 2.35. The Morgan fingerprint density at radius 1 is 1.38 bits per heavy atom. The Morgan fingerprint density at radius 2 is 2.38 bits per heavy atom. The van der Waals surface area contributed by atoms with E-state index in [1.165, 1.54) is 17.9 Å². The summed E-state index contributed by atoms with van der Waals surface area (Å²) in [6.07, 6.45) is 1.53. The van der Waals surface area contributed by atoms with Gasteiger partial charge >= 0.3 is 0 Å². The van der Waals surface area contributed by atoms with Gasteiger partial charge in [0.15, 0.2) is 11.5 Å². The Balaban J connectivity index is 1.78. The van der Waals surface area contributed by atoms with Crippen molar-refractivity contribution in [3.63, 3.8) is 0 Å². The molecular formula is C10H9N3O2S. The molecule has 0 amide bonds. The lowest BCUT2D eigenvalue weighted by molar-refractivity contribution is 0.173. The van der Waals surface area contributed by atoms with Crippen LogP contribution in [0.3, 0.4) is 0 Å². The van der Waals surface area contributed by atoms with Crippen LogP contribution in [0.1, 0.15) is 5.56 Å². The van der Waals surface area contributed by atoms with Gasteiger partial charge in [-0.05, 0) is 6.07 Å². The second kappa shape index (κ2) is 3.97. The summed E-state index contributed by atoms with van der Waals surface area (Å²) >= 11 is 1.33. The number of nitrogens with one attached hydrogen (secondary N) is 1. The van der Waals surface area contributed by atoms with Crippen molar-refractivity contribution in [3.8, 4) is 11.5 Å². The Kier molecular flexibility index (Phi) is 2.34. The van der Waals surface area contributed by atoms with E-state index in [9.17, 15) is 0 Å². The second-order valence-corrected chi connectivity index (χ2v) is 4.03. The number of para-hydroxylation sites is 1. The molecule has 0 fully saturated rings. The van der Waals surface area contributed by atoms with Crippen molar-refractivity contribution in [3.05, 3.63) is 30.1 Å². The number of hydrogen-bond acceptors (Lipinski definition) is 6. The van der Waals surface area contributed by atoms with E-state index in [1.54, 1.807) is 0 Å². The van der Waals surface area contributed by atoms with Gasteiger partial charge in [-0.3, -0.25) is 0 Å². The van der Waals surface area contributed by atoms with Crippen LogP contribution in [0.2, 0.25) is 0 Å². The smallest absolute Gasteiger partial charge is 0.231 e. The molecule has 1 aromatic heterocycles. The molecule has 0 unspecified atom stereocenters. The summed E-state index contributed by atoms with van der Waals surface area (Å²) < 4.78 is 14.6. The molecule has 1 aliphatic heterocycles. The fourth-order valence-electron chi connectivity index (χ4n) is 1.55. The Hall–Kier alpha value is -1.82. The van der Waals surface area contributed by atoms with Crippen molar-refractivity contribution in [2.24, 2.45) is 0 Å². The van der Waals surface area contributed by atoms with Crippen LogP contribution in [0, 0.1) is 0 Å². The van der Waals surface area contributed by atoms with E-state index in [2.05, 4.69) is 14.7 Å². The number of anilines is 1. The molecule has 16 heavy (non-hydrogen) atoms. The molecule has 0 bridgehead atoms. The molecular weight excluding hydrogens is 226 g/mol. The highest BCUT2D eigenvalue weighted by atomic mass is 32.1. The Morgan fingerprint density at radius 3 is 3.25 bits per heavy atom. The molecule has 1 N–H and O–H groups in total. The first-order valence-electron chi connectivity index (χ1n) is 4.81. The van der Waals surface area contributed by atoms with Crippen LogP contribution < -0.4 is 14.8 Å². The molecule has 0 spiro atoms. The average molecular weight is 235 g/mol. The fraction of sp³-hybridized carbons (Fsp3) is 0.200. The summed E-state index contributed by atoms with van der Waals surface area (Å²) in [5.74, 6) is 1.62. The van der Waals surface area contributed by atoms with E-state index >= 15 is 0 Å². The van der Waals surface area contributed by atoms with E-state index < -0.39 is 0 Å². The molecule has 0 aliphatic carbocycles. The quantitative estimate of drug-likeness (QED) is 0.880. The number of fused-ring (bicyclic) bond motifs is 1. The molecule has 6 heteroatoms. The van der Waals surface area contributed by atoms with Crippen LogP contribution in [0.15, 0.2) is 24.5 Å². The summed E-state index contributed by atoms with van der Waals surface area (Å²) in [6, 6.07) is 5.85. The topological polar surface area (TPSA) is 56.3 Å². The zero-order valence-electron chi connectivity index (χ0n) is 8.34. The van der Waals surface area contributed by atoms with Crippen LogP contribution in [0.5, 0.6) is 11.5 Å². The lowest BCUT2D eigenvalue weighted by Gasteiger charge is -2.05. The molecule has 3 rings (SSSR count). The first-order valence-corrected chi connectivity index (χ1v) is 5.59. The van der Waals surface area contributed by atoms with Crippen LogP contribution in [-0.4, -0.2) is 16.2 Å². The van der Waals surface area contributed by atoms with Crippen molar-refractivity contribution in [2.75, 3.05) is 12.1 Å². The maximum Gasteiger partial charge on any atom is 0.231 e. The van der Waals surface area contributed by atoms with Crippen molar-refractivity contribution in [2.45, 2.75) is 6.54 Å². The molecule has 0 saturated carbocycles. The number of nitrogens with zero attached hydrogens (tertiary/aromatic N) is 2. The molecule has 1 aliphatic rings. The normalized spacial score (nSPS) is 12.8. The lowest BCUT2D eigenvalue weighted by Crippen LogP contribution is -2.00. The van der Waals surface area contributed by atoms with Crippen LogP contribution in [0.25, 0.3) is 0 Å². The summed E-state index contributed by atoms with van der Waals surface area (Å²) in [7, 11) is 0. The van der Waals surface area contributed by atoms with Crippen molar-refractivity contribution in [1.29, 1.82) is 0 Å². The maximum absolute atomic E-state index is 5.40. The van der Waals surface area contributed by atoms with Gasteiger partial charge in [0.2, 0.25) is 11.9 Å². The van der Waals surface area contributed by atoms with E-state index in [0.717, 1.165) is 22.2 Å². The minimum absolute atomic E-state index is 0.297. The van der Waals surface area contributed by atoms with E-state index in [1.807, 2.05) is 18.2 Å². The third-order valence-corrected chi connectivity index (χ3v) is 2.89.